The van der Waals surface area contributed by atoms with Crippen LogP contribution in [0.5, 0.6) is 5.75 Å². The van der Waals surface area contributed by atoms with Crippen LogP contribution in [-0.2, 0) is 22.6 Å². The van der Waals surface area contributed by atoms with Gasteiger partial charge in [0.1, 0.15) is 11.9 Å². The number of aryl methyl sites for hydroxylation is 1. The Bertz CT molecular complexity index is 1350. The first kappa shape index (κ1) is 30.6. The van der Waals surface area contributed by atoms with Crippen LogP contribution in [0.1, 0.15) is 36.8 Å². The highest BCUT2D eigenvalue weighted by atomic mass is 79.9. The maximum Gasteiger partial charge on any atom is 0.411 e. The van der Waals surface area contributed by atoms with Gasteiger partial charge in [0, 0.05) is 40.9 Å². The molecule has 3 aromatic carbocycles. The number of piperidine rings is 1. The molecule has 1 aliphatic heterocycles. The predicted molar refractivity (Wildman–Crippen MR) is 165 cm³/mol. The van der Waals surface area contributed by atoms with Crippen LogP contribution >= 0.6 is 15.9 Å². The van der Waals surface area contributed by atoms with Gasteiger partial charge in [0.25, 0.3) is 0 Å². The number of carbonyl (C=O) groups is 2. The number of carbonyl (C=O) groups excluding carboxylic acids is 2. The van der Waals surface area contributed by atoms with Gasteiger partial charge in [-0.05, 0) is 52.0 Å². The number of methoxy groups -OCH3 is 1. The van der Waals surface area contributed by atoms with Gasteiger partial charge >= 0.3 is 6.09 Å². The molecule has 0 aromatic heterocycles. The molecule has 0 unspecified atom stereocenters. The number of aliphatic hydroxyl groups is 1. The van der Waals surface area contributed by atoms with Gasteiger partial charge in [-0.3, -0.25) is 10.1 Å². The maximum atomic E-state index is 12.9. The van der Waals surface area contributed by atoms with E-state index in [2.05, 4.69) is 40.7 Å². The van der Waals surface area contributed by atoms with Crippen molar-refractivity contribution < 1.29 is 28.7 Å². The molecule has 0 spiro atoms. The number of hydrogen-bond acceptors (Lipinski definition) is 5. The largest absolute Gasteiger partial charge is 0.496 e. The van der Waals surface area contributed by atoms with Crippen molar-refractivity contribution in [1.82, 2.24) is 0 Å². The SMILES string of the molecule is COc1cc(NC(=O)CCCc2ccc(-c3ccccc3)c(NC(=O)OC3CC[N+](C)(C)CC3)c2)c(Br)cc1CO. The zero-order chi connectivity index (χ0) is 29.4. The Kier molecular flexibility index (Phi) is 10.4. The molecule has 3 aromatic rings. The number of benzene rings is 3. The highest BCUT2D eigenvalue weighted by molar-refractivity contribution is 9.10. The summed E-state index contributed by atoms with van der Waals surface area (Å²) in [7, 11) is 5.92. The Balaban J connectivity index is 1.39. The average molecular weight is 626 g/mol. The molecule has 218 valence electrons. The van der Waals surface area contributed by atoms with Crippen molar-refractivity contribution in [3.63, 3.8) is 0 Å². The van der Waals surface area contributed by atoms with Gasteiger partial charge in [0.05, 0.1) is 52.3 Å². The van der Waals surface area contributed by atoms with Gasteiger partial charge in [0.15, 0.2) is 0 Å². The van der Waals surface area contributed by atoms with E-state index in [4.69, 9.17) is 9.47 Å². The maximum absolute atomic E-state index is 12.9. The third-order valence-electron chi connectivity index (χ3n) is 7.48. The van der Waals surface area contributed by atoms with Gasteiger partial charge in [-0.2, -0.15) is 0 Å². The first-order valence-electron chi connectivity index (χ1n) is 13.9. The van der Waals surface area contributed by atoms with E-state index in [9.17, 15) is 14.7 Å². The van der Waals surface area contributed by atoms with Crippen LogP contribution in [0, 0.1) is 0 Å². The van der Waals surface area contributed by atoms with Crippen LogP contribution in [0.15, 0.2) is 65.1 Å². The number of amides is 2. The van der Waals surface area contributed by atoms with Crippen molar-refractivity contribution in [1.29, 1.82) is 0 Å². The van der Waals surface area contributed by atoms with Gasteiger partial charge in [-0.15, -0.1) is 0 Å². The molecule has 1 fully saturated rings. The van der Waals surface area contributed by atoms with Crippen molar-refractivity contribution in [2.75, 3.05) is 44.9 Å². The van der Waals surface area contributed by atoms with Crippen molar-refractivity contribution in [2.45, 2.75) is 44.8 Å². The summed E-state index contributed by atoms with van der Waals surface area (Å²) in [6, 6.07) is 19.4. The zero-order valence-corrected chi connectivity index (χ0v) is 25.5. The molecule has 9 heteroatoms. The number of nitrogens with zero attached hydrogens (tertiary/aromatic N) is 1. The number of anilines is 2. The first-order valence-corrected chi connectivity index (χ1v) is 14.7. The van der Waals surface area contributed by atoms with Crippen LogP contribution in [-0.4, -0.2) is 62.0 Å². The van der Waals surface area contributed by atoms with Crippen molar-refractivity contribution in [2.24, 2.45) is 0 Å². The fourth-order valence-electron chi connectivity index (χ4n) is 5.04. The van der Waals surface area contributed by atoms with Crippen LogP contribution in [0.4, 0.5) is 16.2 Å². The van der Waals surface area contributed by atoms with Crippen molar-refractivity contribution >= 4 is 39.3 Å². The molecule has 41 heavy (non-hydrogen) atoms. The Labute approximate surface area is 250 Å². The molecular formula is C32H39BrN3O5+. The van der Waals surface area contributed by atoms with Gasteiger partial charge in [-0.1, -0.05) is 42.5 Å². The second-order valence-electron chi connectivity index (χ2n) is 11.1. The molecule has 1 heterocycles. The number of ether oxygens (including phenoxy) is 2. The standard InChI is InChI=1S/C32H38BrN3O5/c1-36(2)16-14-25(15-17-36)41-32(39)35-28-18-22(12-13-26(28)23-9-5-4-6-10-23)8-7-11-31(38)34-29-20-30(40-3)24(21-37)19-27(29)33/h4-6,9-10,12-13,18-20,25,37H,7-8,11,14-17,21H2,1-3H3,(H-,34,35,38,39)/p+1. The monoisotopic (exact) mass is 624 g/mol. The van der Waals surface area contributed by atoms with Crippen LogP contribution in [0.25, 0.3) is 11.1 Å². The van der Waals surface area contributed by atoms with Gasteiger partial charge in [0.2, 0.25) is 5.91 Å². The first-order chi connectivity index (χ1) is 19.7. The third kappa shape index (κ3) is 8.55. The van der Waals surface area contributed by atoms with E-state index in [1.807, 2.05) is 48.5 Å². The van der Waals surface area contributed by atoms with E-state index >= 15 is 0 Å². The second kappa shape index (κ2) is 14.0. The zero-order valence-electron chi connectivity index (χ0n) is 23.9. The minimum atomic E-state index is -0.441. The third-order valence-corrected chi connectivity index (χ3v) is 8.13. The van der Waals surface area contributed by atoms with Crippen molar-refractivity contribution in [3.8, 4) is 16.9 Å². The quantitative estimate of drug-likeness (QED) is 0.228. The minimum absolute atomic E-state index is 0.0807. The summed E-state index contributed by atoms with van der Waals surface area (Å²) in [5, 5.41) is 15.4. The average Bonchev–Trinajstić information content (AvgIpc) is 2.95. The summed E-state index contributed by atoms with van der Waals surface area (Å²) in [6.45, 7) is 1.80. The molecular weight excluding hydrogens is 586 g/mol. The molecule has 0 saturated carbocycles. The van der Waals surface area contributed by atoms with Gasteiger partial charge < -0.3 is 24.4 Å². The molecule has 4 rings (SSSR count). The number of quaternary nitrogens is 1. The number of rotatable bonds is 10. The Morgan fingerprint density at radius 2 is 1.73 bits per heavy atom. The highest BCUT2D eigenvalue weighted by Crippen LogP contribution is 2.32. The van der Waals surface area contributed by atoms with E-state index in [-0.39, 0.29) is 18.6 Å². The molecule has 1 aliphatic rings. The number of nitrogens with one attached hydrogen (secondary N) is 2. The summed E-state index contributed by atoms with van der Waals surface area (Å²) in [5.74, 6) is 0.385. The fourth-order valence-corrected chi connectivity index (χ4v) is 5.53. The number of likely N-dealkylation sites (tertiary alicyclic amines) is 1. The van der Waals surface area contributed by atoms with Crippen LogP contribution < -0.4 is 15.4 Å². The Morgan fingerprint density at radius 1 is 1.00 bits per heavy atom. The second-order valence-corrected chi connectivity index (χ2v) is 11.9. The Hall–Kier alpha value is -3.40. The lowest BCUT2D eigenvalue weighted by Crippen LogP contribution is -2.48. The normalized spacial score (nSPS) is 14.8. The summed E-state index contributed by atoms with van der Waals surface area (Å²) in [6.07, 6.45) is 2.78. The summed E-state index contributed by atoms with van der Waals surface area (Å²) in [5.41, 5.74) is 4.83. The smallest absolute Gasteiger partial charge is 0.411 e. The van der Waals surface area contributed by atoms with E-state index in [1.165, 1.54) is 7.11 Å². The molecule has 0 aliphatic carbocycles. The van der Waals surface area contributed by atoms with Crippen LogP contribution in [0.2, 0.25) is 0 Å². The predicted octanol–water partition coefficient (Wildman–Crippen LogP) is 6.37. The topological polar surface area (TPSA) is 96.9 Å². The molecule has 0 radical (unpaired) electrons. The Morgan fingerprint density at radius 3 is 2.41 bits per heavy atom. The molecule has 0 bridgehead atoms. The molecule has 2 amide bonds. The van der Waals surface area contributed by atoms with Crippen molar-refractivity contribution in [3.05, 3.63) is 76.3 Å². The van der Waals surface area contributed by atoms with E-state index in [1.54, 1.807) is 12.1 Å². The van der Waals surface area contributed by atoms with E-state index in [0.29, 0.717) is 46.4 Å². The summed E-state index contributed by atoms with van der Waals surface area (Å²) < 4.78 is 12.7. The number of halogens is 1. The molecule has 1 saturated heterocycles. The minimum Gasteiger partial charge on any atom is -0.496 e. The van der Waals surface area contributed by atoms with E-state index in [0.717, 1.165) is 47.1 Å². The van der Waals surface area contributed by atoms with Crippen LogP contribution in [0.3, 0.4) is 0 Å². The molecule has 8 nitrogen and oxygen atoms in total. The van der Waals surface area contributed by atoms with Gasteiger partial charge in [-0.25, -0.2) is 4.79 Å². The lowest BCUT2D eigenvalue weighted by Gasteiger charge is -2.36. The van der Waals surface area contributed by atoms with E-state index < -0.39 is 6.09 Å². The number of aliphatic hydroxyl groups excluding tert-OH is 1. The number of hydrogen-bond donors (Lipinski definition) is 3. The molecule has 3 N–H and O–H groups in total. The fraction of sp³-hybridized carbons (Fsp3) is 0.375. The highest BCUT2D eigenvalue weighted by Gasteiger charge is 2.28. The summed E-state index contributed by atoms with van der Waals surface area (Å²) in [4.78, 5) is 25.6. The lowest BCUT2D eigenvalue weighted by atomic mass is 9.99. The summed E-state index contributed by atoms with van der Waals surface area (Å²) >= 11 is 3.45. The lowest BCUT2D eigenvalue weighted by molar-refractivity contribution is -0.896. The molecule has 0 atom stereocenters.